The molecule has 0 radical (unpaired) electrons. The summed E-state index contributed by atoms with van der Waals surface area (Å²) in [5.74, 6) is 1.58. The number of anilines is 3. The third-order valence-corrected chi connectivity index (χ3v) is 6.31. The molecule has 1 aliphatic rings. The number of hydrogen-bond donors (Lipinski definition) is 1. The average Bonchev–Trinajstić information content (AvgIpc) is 3.23. The fourth-order valence-corrected chi connectivity index (χ4v) is 4.22. The smallest absolute Gasteiger partial charge is 0.255 e. The van der Waals surface area contributed by atoms with Gasteiger partial charge in [0.25, 0.3) is 5.91 Å². The number of methoxy groups -OCH3 is 1. The number of hydrogen-bond acceptors (Lipinski definition) is 4. The number of nitrogens with one attached hydrogen (secondary N) is 1. The number of fused-ring (bicyclic) bond motifs is 2. The second kappa shape index (κ2) is 8.17. The number of halogens is 1. The SMILES string of the molecule is COc1ccc2cc3c(nc2c1)N(c1ccc(C(=O)Nc2cccc(Cl)c2C)cc1)CC3. The van der Waals surface area contributed by atoms with Gasteiger partial charge in [0.15, 0.2) is 0 Å². The second-order valence-corrected chi connectivity index (χ2v) is 8.25. The molecule has 0 bridgehead atoms. The van der Waals surface area contributed by atoms with Crippen LogP contribution in [0.4, 0.5) is 17.2 Å². The van der Waals surface area contributed by atoms with Crippen LogP contribution in [0.25, 0.3) is 10.9 Å². The maximum Gasteiger partial charge on any atom is 0.255 e. The van der Waals surface area contributed by atoms with E-state index in [0.29, 0.717) is 16.3 Å². The number of nitrogens with zero attached hydrogens (tertiary/aromatic N) is 2. The minimum atomic E-state index is -0.167. The molecule has 4 aromatic rings. The largest absolute Gasteiger partial charge is 0.497 e. The van der Waals surface area contributed by atoms with Crippen LogP contribution >= 0.6 is 11.6 Å². The molecule has 5 rings (SSSR count). The molecule has 0 aliphatic carbocycles. The van der Waals surface area contributed by atoms with E-state index in [1.807, 2.05) is 67.6 Å². The monoisotopic (exact) mass is 443 g/mol. The molecule has 1 amide bonds. The molecular weight excluding hydrogens is 422 g/mol. The van der Waals surface area contributed by atoms with Gasteiger partial charge in [-0.05, 0) is 79.1 Å². The van der Waals surface area contributed by atoms with Crippen molar-refractivity contribution in [2.75, 3.05) is 23.9 Å². The molecular formula is C26H22ClN3O2. The highest BCUT2D eigenvalue weighted by molar-refractivity contribution is 6.31. The minimum absolute atomic E-state index is 0.167. The van der Waals surface area contributed by atoms with Crippen LogP contribution in [0.1, 0.15) is 21.5 Å². The summed E-state index contributed by atoms with van der Waals surface area (Å²) in [4.78, 5) is 19.8. The summed E-state index contributed by atoms with van der Waals surface area (Å²) in [5.41, 5.74) is 5.29. The predicted molar refractivity (Wildman–Crippen MR) is 130 cm³/mol. The number of pyridine rings is 1. The van der Waals surface area contributed by atoms with Gasteiger partial charge in [-0.25, -0.2) is 4.98 Å². The zero-order chi connectivity index (χ0) is 22.2. The Balaban J connectivity index is 1.40. The van der Waals surface area contributed by atoms with Crippen molar-refractivity contribution in [2.24, 2.45) is 0 Å². The van der Waals surface area contributed by atoms with Crippen molar-refractivity contribution >= 4 is 45.6 Å². The topological polar surface area (TPSA) is 54.5 Å². The average molecular weight is 444 g/mol. The summed E-state index contributed by atoms with van der Waals surface area (Å²) < 4.78 is 5.35. The maximum absolute atomic E-state index is 12.7. The minimum Gasteiger partial charge on any atom is -0.497 e. The Morgan fingerprint density at radius 2 is 1.91 bits per heavy atom. The van der Waals surface area contributed by atoms with E-state index in [2.05, 4.69) is 16.3 Å². The number of benzene rings is 3. The van der Waals surface area contributed by atoms with Gasteiger partial charge in [0, 0.05) is 40.0 Å². The maximum atomic E-state index is 12.7. The number of aromatic nitrogens is 1. The molecule has 0 fully saturated rings. The lowest BCUT2D eigenvalue weighted by Gasteiger charge is -2.19. The van der Waals surface area contributed by atoms with Crippen LogP contribution < -0.4 is 15.0 Å². The molecule has 6 heteroatoms. The van der Waals surface area contributed by atoms with Crippen LogP contribution in [0.5, 0.6) is 5.75 Å². The van der Waals surface area contributed by atoms with Crippen molar-refractivity contribution in [3.8, 4) is 5.75 Å². The molecule has 3 aromatic carbocycles. The van der Waals surface area contributed by atoms with Gasteiger partial charge < -0.3 is 15.0 Å². The van der Waals surface area contributed by atoms with Crippen molar-refractivity contribution in [2.45, 2.75) is 13.3 Å². The van der Waals surface area contributed by atoms with Crippen LogP contribution in [0, 0.1) is 6.92 Å². The van der Waals surface area contributed by atoms with Crippen molar-refractivity contribution < 1.29 is 9.53 Å². The van der Waals surface area contributed by atoms with Gasteiger partial charge >= 0.3 is 0 Å². The molecule has 2 heterocycles. The lowest BCUT2D eigenvalue weighted by atomic mass is 10.1. The van der Waals surface area contributed by atoms with Crippen LogP contribution in [-0.4, -0.2) is 24.5 Å². The second-order valence-electron chi connectivity index (χ2n) is 7.84. The Bertz CT molecular complexity index is 1340. The predicted octanol–water partition coefficient (Wildman–Crippen LogP) is 6.15. The first-order chi connectivity index (χ1) is 15.5. The first kappa shape index (κ1) is 20.3. The Kier molecular flexibility index (Phi) is 5.19. The molecule has 0 atom stereocenters. The lowest BCUT2D eigenvalue weighted by molar-refractivity contribution is 0.102. The summed E-state index contributed by atoms with van der Waals surface area (Å²) in [6.45, 7) is 2.74. The Hall–Kier alpha value is -3.57. The summed E-state index contributed by atoms with van der Waals surface area (Å²) >= 11 is 6.16. The number of carbonyl (C=O) groups is 1. The molecule has 5 nitrogen and oxygen atoms in total. The zero-order valence-electron chi connectivity index (χ0n) is 17.9. The molecule has 0 saturated heterocycles. The highest BCUT2D eigenvalue weighted by Gasteiger charge is 2.23. The standard InChI is InChI=1S/C26H22ClN3O2/c1-16-22(27)4-3-5-23(16)29-26(31)17-6-9-20(10-7-17)30-13-12-19-14-18-8-11-21(32-2)15-24(18)28-25(19)30/h3-11,14-15H,12-13H2,1-2H3,(H,29,31). The molecule has 1 aliphatic heterocycles. The fourth-order valence-electron chi connectivity index (χ4n) is 4.04. The molecule has 0 unspecified atom stereocenters. The van der Waals surface area contributed by atoms with Crippen molar-refractivity contribution in [3.63, 3.8) is 0 Å². The highest BCUT2D eigenvalue weighted by Crippen LogP contribution is 2.35. The molecule has 0 saturated carbocycles. The van der Waals surface area contributed by atoms with Crippen LogP contribution in [0.15, 0.2) is 66.7 Å². The quantitative estimate of drug-likeness (QED) is 0.411. The lowest BCUT2D eigenvalue weighted by Crippen LogP contribution is -2.16. The van der Waals surface area contributed by atoms with E-state index in [1.165, 1.54) is 5.56 Å². The third-order valence-electron chi connectivity index (χ3n) is 5.90. The van der Waals surface area contributed by atoms with Crippen LogP contribution in [0.2, 0.25) is 5.02 Å². The van der Waals surface area contributed by atoms with E-state index in [0.717, 1.165) is 46.7 Å². The normalized spacial score (nSPS) is 12.7. The van der Waals surface area contributed by atoms with Crippen LogP contribution in [-0.2, 0) is 6.42 Å². The molecule has 160 valence electrons. The summed E-state index contributed by atoms with van der Waals surface area (Å²) in [6, 6.07) is 21.2. The molecule has 1 aromatic heterocycles. The van der Waals surface area contributed by atoms with Gasteiger partial charge in [0.05, 0.1) is 12.6 Å². The number of amides is 1. The molecule has 0 spiro atoms. The van der Waals surface area contributed by atoms with Crippen molar-refractivity contribution in [1.29, 1.82) is 0 Å². The van der Waals surface area contributed by atoms with E-state index in [4.69, 9.17) is 21.3 Å². The van der Waals surface area contributed by atoms with Gasteiger partial charge in [0.2, 0.25) is 0 Å². The molecule has 32 heavy (non-hydrogen) atoms. The number of carbonyl (C=O) groups excluding carboxylic acids is 1. The first-order valence-corrected chi connectivity index (χ1v) is 10.8. The van der Waals surface area contributed by atoms with Gasteiger partial charge in [-0.15, -0.1) is 0 Å². The number of rotatable bonds is 4. The Labute approximate surface area is 191 Å². The van der Waals surface area contributed by atoms with Crippen LogP contribution in [0.3, 0.4) is 0 Å². The summed E-state index contributed by atoms with van der Waals surface area (Å²) in [7, 11) is 1.66. The van der Waals surface area contributed by atoms with Gasteiger partial charge in [-0.1, -0.05) is 17.7 Å². The van der Waals surface area contributed by atoms with Gasteiger partial charge in [-0.3, -0.25) is 4.79 Å². The first-order valence-electron chi connectivity index (χ1n) is 10.5. The van der Waals surface area contributed by atoms with E-state index in [-0.39, 0.29) is 5.91 Å². The van der Waals surface area contributed by atoms with Crippen molar-refractivity contribution in [3.05, 3.63) is 88.4 Å². The summed E-state index contributed by atoms with van der Waals surface area (Å²) in [6.07, 6.45) is 0.931. The number of ether oxygens (including phenoxy) is 1. The van der Waals surface area contributed by atoms with Gasteiger partial charge in [0.1, 0.15) is 11.6 Å². The van der Waals surface area contributed by atoms with Crippen molar-refractivity contribution in [1.82, 2.24) is 4.98 Å². The van der Waals surface area contributed by atoms with E-state index in [1.54, 1.807) is 7.11 Å². The van der Waals surface area contributed by atoms with E-state index < -0.39 is 0 Å². The highest BCUT2D eigenvalue weighted by atomic mass is 35.5. The van der Waals surface area contributed by atoms with Gasteiger partial charge in [-0.2, -0.15) is 0 Å². The summed E-state index contributed by atoms with van der Waals surface area (Å²) in [5, 5.41) is 4.68. The Morgan fingerprint density at radius 1 is 1.09 bits per heavy atom. The third kappa shape index (κ3) is 3.65. The molecule has 1 N–H and O–H groups in total. The fraction of sp³-hybridized carbons (Fsp3) is 0.154. The van der Waals surface area contributed by atoms with E-state index >= 15 is 0 Å². The van der Waals surface area contributed by atoms with E-state index in [9.17, 15) is 4.79 Å². The zero-order valence-corrected chi connectivity index (χ0v) is 18.6. The Morgan fingerprint density at radius 3 is 2.69 bits per heavy atom.